The third-order valence-corrected chi connectivity index (χ3v) is 7.82. The molecule has 3 heterocycles. The van der Waals surface area contributed by atoms with Gasteiger partial charge in [-0.2, -0.15) is 0 Å². The van der Waals surface area contributed by atoms with Crippen molar-refractivity contribution < 1.29 is 23.5 Å². The van der Waals surface area contributed by atoms with Gasteiger partial charge in [0.15, 0.2) is 11.2 Å². The standard InChI is InChI=1S/C29H32FN5O5/c1-18(36)31-16-21-17-35(29(38)40-21)20-5-7-24(23(30)15-20)32-11-13-33(14-12-32)25-8-6-22-26(37)9-10-34(19-3-4-19)27(22)28(25)39-2/h5-10,15,19,21H,3-4,11-14,16-17H2,1-2H3,(H,31,36)/t21-/m0/s1. The van der Waals surface area contributed by atoms with E-state index in [-0.39, 0.29) is 24.4 Å². The Morgan fingerprint density at radius 2 is 1.75 bits per heavy atom. The van der Waals surface area contributed by atoms with Crippen LogP contribution in [0, 0.1) is 5.82 Å². The number of halogens is 1. The molecule has 1 saturated carbocycles. The number of nitrogens with one attached hydrogen (secondary N) is 1. The maximum atomic E-state index is 15.3. The third kappa shape index (κ3) is 4.80. The van der Waals surface area contributed by atoms with Crippen LogP contribution >= 0.6 is 0 Å². The fourth-order valence-corrected chi connectivity index (χ4v) is 5.64. The predicted octanol–water partition coefficient (Wildman–Crippen LogP) is 3.27. The lowest BCUT2D eigenvalue weighted by Gasteiger charge is -2.38. The van der Waals surface area contributed by atoms with E-state index < -0.39 is 18.0 Å². The number of carbonyl (C=O) groups is 2. The molecule has 2 saturated heterocycles. The van der Waals surface area contributed by atoms with E-state index in [0.717, 1.165) is 24.0 Å². The van der Waals surface area contributed by atoms with Gasteiger partial charge in [0, 0.05) is 56.8 Å². The molecule has 1 aromatic heterocycles. The normalized spacial score (nSPS) is 19.2. The van der Waals surface area contributed by atoms with E-state index in [0.29, 0.717) is 54.7 Å². The summed E-state index contributed by atoms with van der Waals surface area (Å²) in [6.45, 7) is 4.31. The molecule has 0 unspecified atom stereocenters. The maximum Gasteiger partial charge on any atom is 0.414 e. The molecule has 1 aliphatic carbocycles. The SMILES string of the molecule is COc1c(N2CCN(c3ccc(N4C[C@H](CNC(C)=O)OC4=O)cc3F)CC2)ccc2c(=O)ccn(C3CC3)c12. The topological polar surface area (TPSA) is 96.3 Å². The zero-order valence-corrected chi connectivity index (χ0v) is 22.6. The Kier molecular flexibility index (Phi) is 6.73. The molecule has 210 valence electrons. The number of anilines is 3. The second-order valence-electron chi connectivity index (χ2n) is 10.5. The molecule has 0 bridgehead atoms. The molecule has 2 amide bonds. The minimum atomic E-state index is -0.562. The van der Waals surface area contributed by atoms with Gasteiger partial charge in [0.1, 0.15) is 11.9 Å². The first-order valence-electron chi connectivity index (χ1n) is 13.6. The highest BCUT2D eigenvalue weighted by Gasteiger charge is 2.33. The summed E-state index contributed by atoms with van der Waals surface area (Å²) in [5.74, 6) is 0.0729. The van der Waals surface area contributed by atoms with E-state index in [4.69, 9.17) is 9.47 Å². The number of carbonyl (C=O) groups excluding carboxylic acids is 2. The van der Waals surface area contributed by atoms with Crippen molar-refractivity contribution in [2.24, 2.45) is 0 Å². The first-order valence-corrected chi connectivity index (χ1v) is 13.6. The minimum absolute atomic E-state index is 0.0223. The summed E-state index contributed by atoms with van der Waals surface area (Å²) >= 11 is 0. The number of aromatic nitrogens is 1. The molecule has 6 rings (SSSR count). The Balaban J connectivity index is 1.17. The highest BCUT2D eigenvalue weighted by Crippen LogP contribution is 2.42. The van der Waals surface area contributed by atoms with Gasteiger partial charge in [-0.25, -0.2) is 9.18 Å². The van der Waals surface area contributed by atoms with Crippen LogP contribution in [0.2, 0.25) is 0 Å². The van der Waals surface area contributed by atoms with Crippen LogP contribution in [-0.2, 0) is 9.53 Å². The monoisotopic (exact) mass is 549 g/mol. The van der Waals surface area contributed by atoms with E-state index in [1.54, 1.807) is 25.3 Å². The Labute approximate surface area is 230 Å². The molecule has 1 N–H and O–H groups in total. The van der Waals surface area contributed by atoms with E-state index in [2.05, 4.69) is 14.8 Å². The lowest BCUT2D eigenvalue weighted by atomic mass is 10.1. The molecule has 3 fully saturated rings. The number of benzene rings is 2. The van der Waals surface area contributed by atoms with E-state index >= 15 is 4.39 Å². The second-order valence-corrected chi connectivity index (χ2v) is 10.5. The Morgan fingerprint density at radius 3 is 2.40 bits per heavy atom. The highest BCUT2D eigenvalue weighted by molar-refractivity contribution is 5.92. The number of nitrogens with zero attached hydrogens (tertiary/aromatic N) is 4. The average molecular weight is 550 g/mol. The lowest BCUT2D eigenvalue weighted by Crippen LogP contribution is -2.47. The van der Waals surface area contributed by atoms with Crippen molar-refractivity contribution in [3.63, 3.8) is 0 Å². The fraction of sp³-hybridized carbons (Fsp3) is 0.414. The van der Waals surface area contributed by atoms with Gasteiger partial charge < -0.3 is 29.2 Å². The molecule has 2 aliphatic heterocycles. The van der Waals surface area contributed by atoms with Crippen molar-refractivity contribution in [3.8, 4) is 5.75 Å². The molecule has 3 aromatic rings. The van der Waals surface area contributed by atoms with Crippen molar-refractivity contribution in [1.82, 2.24) is 9.88 Å². The number of rotatable bonds is 7. The van der Waals surface area contributed by atoms with Crippen LogP contribution in [0.25, 0.3) is 10.9 Å². The first-order chi connectivity index (χ1) is 19.3. The lowest BCUT2D eigenvalue weighted by molar-refractivity contribution is -0.119. The molecule has 1 atom stereocenters. The van der Waals surface area contributed by atoms with Gasteiger partial charge >= 0.3 is 6.09 Å². The summed E-state index contributed by atoms with van der Waals surface area (Å²) in [6.07, 6.45) is 2.99. The Bertz CT molecular complexity index is 1530. The van der Waals surface area contributed by atoms with Crippen molar-refractivity contribution in [3.05, 3.63) is 58.6 Å². The van der Waals surface area contributed by atoms with Gasteiger partial charge in [0.25, 0.3) is 0 Å². The van der Waals surface area contributed by atoms with Crippen molar-refractivity contribution in [1.29, 1.82) is 0 Å². The number of hydrogen-bond acceptors (Lipinski definition) is 7. The van der Waals surface area contributed by atoms with E-state index in [1.165, 1.54) is 17.9 Å². The van der Waals surface area contributed by atoms with Crippen LogP contribution < -0.4 is 30.2 Å². The van der Waals surface area contributed by atoms with Crippen LogP contribution in [0.15, 0.2) is 47.4 Å². The number of fused-ring (bicyclic) bond motifs is 1. The molecule has 0 radical (unpaired) electrons. The van der Waals surface area contributed by atoms with E-state index in [1.807, 2.05) is 23.2 Å². The molecule has 0 spiro atoms. The smallest absolute Gasteiger partial charge is 0.414 e. The van der Waals surface area contributed by atoms with Gasteiger partial charge in [0.05, 0.1) is 42.8 Å². The number of ether oxygens (including phenoxy) is 2. The Morgan fingerprint density at radius 1 is 1.05 bits per heavy atom. The molecular weight excluding hydrogens is 517 g/mol. The minimum Gasteiger partial charge on any atom is -0.492 e. The predicted molar refractivity (Wildman–Crippen MR) is 150 cm³/mol. The maximum absolute atomic E-state index is 15.3. The zero-order chi connectivity index (χ0) is 28.0. The van der Waals surface area contributed by atoms with Crippen LogP contribution in [0.1, 0.15) is 25.8 Å². The highest BCUT2D eigenvalue weighted by atomic mass is 19.1. The van der Waals surface area contributed by atoms with Gasteiger partial charge in [0.2, 0.25) is 5.91 Å². The van der Waals surface area contributed by atoms with Gasteiger partial charge in [-0.1, -0.05) is 0 Å². The summed E-state index contributed by atoms with van der Waals surface area (Å²) in [5.41, 5.74) is 2.62. The molecule has 10 nitrogen and oxygen atoms in total. The van der Waals surface area contributed by atoms with Gasteiger partial charge in [-0.3, -0.25) is 14.5 Å². The fourth-order valence-electron chi connectivity index (χ4n) is 5.64. The molecule has 11 heteroatoms. The van der Waals surface area contributed by atoms with Gasteiger partial charge in [-0.15, -0.1) is 0 Å². The number of hydrogen-bond donors (Lipinski definition) is 1. The zero-order valence-electron chi connectivity index (χ0n) is 22.6. The summed E-state index contributed by atoms with van der Waals surface area (Å²) in [6, 6.07) is 10.6. The van der Waals surface area contributed by atoms with Crippen LogP contribution in [0.3, 0.4) is 0 Å². The number of methoxy groups -OCH3 is 1. The number of piperazine rings is 1. The largest absolute Gasteiger partial charge is 0.492 e. The van der Waals surface area contributed by atoms with Crippen LogP contribution in [-0.4, -0.2) is 69.0 Å². The van der Waals surface area contributed by atoms with Crippen molar-refractivity contribution in [2.75, 3.05) is 61.1 Å². The molecule has 2 aromatic carbocycles. The summed E-state index contributed by atoms with van der Waals surface area (Å²) in [4.78, 5) is 41.7. The number of pyridine rings is 1. The van der Waals surface area contributed by atoms with Crippen molar-refractivity contribution >= 4 is 40.0 Å². The summed E-state index contributed by atoms with van der Waals surface area (Å²) in [5, 5.41) is 3.29. The number of cyclic esters (lactones) is 1. The third-order valence-electron chi connectivity index (χ3n) is 7.82. The molecule has 3 aliphatic rings. The molecular formula is C29H32FN5O5. The van der Waals surface area contributed by atoms with Crippen molar-refractivity contribution in [2.45, 2.75) is 31.9 Å². The first kappa shape index (κ1) is 26.0. The molecule has 40 heavy (non-hydrogen) atoms. The number of amides is 2. The van der Waals surface area contributed by atoms with Crippen LogP contribution in [0.4, 0.5) is 26.2 Å². The van der Waals surface area contributed by atoms with E-state index in [9.17, 15) is 14.4 Å². The van der Waals surface area contributed by atoms with Gasteiger partial charge in [-0.05, 0) is 43.2 Å². The average Bonchev–Trinajstić information content (AvgIpc) is 3.73. The Hall–Kier alpha value is -4.28. The summed E-state index contributed by atoms with van der Waals surface area (Å²) < 4.78 is 28.6. The summed E-state index contributed by atoms with van der Waals surface area (Å²) in [7, 11) is 1.64. The van der Waals surface area contributed by atoms with Crippen LogP contribution in [0.5, 0.6) is 5.75 Å². The quantitative estimate of drug-likeness (QED) is 0.483. The second kappa shape index (κ2) is 10.4.